The number of aliphatic hydroxyl groups is 1. The highest BCUT2D eigenvalue weighted by Gasteiger charge is 2.37. The summed E-state index contributed by atoms with van der Waals surface area (Å²) in [4.78, 5) is 51.1. The molecule has 1 aliphatic heterocycles. The Bertz CT molecular complexity index is 1310. The Morgan fingerprint density at radius 3 is 2.55 bits per heavy atom. The highest BCUT2D eigenvalue weighted by molar-refractivity contribution is 6.08. The summed E-state index contributed by atoms with van der Waals surface area (Å²) in [6, 6.07) is 9.78. The number of fused-ring (bicyclic) bond motifs is 1. The number of hydrogen-bond donors (Lipinski definition) is 5. The number of amides is 3. The number of nitrogens with one attached hydrogen (secondary N) is 4. The first-order chi connectivity index (χ1) is 18.2. The number of aryl methyl sites for hydroxylation is 1. The molecule has 0 radical (unpaired) electrons. The molecular weight excluding hydrogens is 494 g/mol. The third-order valence-corrected chi connectivity index (χ3v) is 6.27. The van der Waals surface area contributed by atoms with Crippen LogP contribution in [0.5, 0.6) is 0 Å². The van der Waals surface area contributed by atoms with Crippen molar-refractivity contribution in [2.45, 2.75) is 57.5 Å². The molecule has 3 amide bonds. The highest BCUT2D eigenvalue weighted by Crippen LogP contribution is 2.19. The third kappa shape index (κ3) is 6.29. The number of hydrogen-bond acceptors (Lipinski definition) is 9. The molecule has 5 N–H and O–H groups in total. The smallest absolute Gasteiger partial charge is 0.310 e. The average molecular weight is 524 g/mol. The van der Waals surface area contributed by atoms with E-state index in [1.165, 1.54) is 0 Å². The van der Waals surface area contributed by atoms with Gasteiger partial charge in [-0.3, -0.25) is 19.2 Å². The molecule has 4 atom stereocenters. The molecule has 4 rings (SSSR count). The van der Waals surface area contributed by atoms with E-state index in [0.717, 1.165) is 10.8 Å². The Hall–Kier alpha value is -4.39. The van der Waals surface area contributed by atoms with Gasteiger partial charge in [-0.15, -0.1) is 5.10 Å². The number of rotatable bonds is 10. The van der Waals surface area contributed by atoms with E-state index in [4.69, 9.17) is 0 Å². The fraction of sp³-hybridized carbons (Fsp3) is 0.400. The van der Waals surface area contributed by atoms with E-state index >= 15 is 0 Å². The molecule has 1 aromatic heterocycles. The summed E-state index contributed by atoms with van der Waals surface area (Å²) < 4.78 is 4.67. The van der Waals surface area contributed by atoms with E-state index in [2.05, 4.69) is 41.3 Å². The molecule has 2 heterocycles. The first kappa shape index (κ1) is 26.7. The van der Waals surface area contributed by atoms with Crippen LogP contribution in [-0.4, -0.2) is 73.8 Å². The lowest BCUT2D eigenvalue weighted by Gasteiger charge is -2.26. The van der Waals surface area contributed by atoms with Crippen LogP contribution in [0.25, 0.3) is 10.8 Å². The van der Waals surface area contributed by atoms with Crippen molar-refractivity contribution in [1.29, 1.82) is 0 Å². The standard InChI is InChI=1S/C25H29N7O6/c1-13(2)21(24(36)27-18-12-20(33)38-25(18)37)28-23(35)17(10-11-19-29-31-32-30-19)26-22(34)16-9-5-7-14-6-3-4-8-15(14)16/h3-9,13,17-18,21,25,37H,10-12H2,1-2H3,(H,26,34)(H,27,36)(H,28,35)(H,29,30,31,32)/t17-,18-,21-,25?/m0/s1. The monoisotopic (exact) mass is 523 g/mol. The number of tetrazole rings is 1. The van der Waals surface area contributed by atoms with Crippen molar-refractivity contribution in [3.8, 4) is 0 Å². The molecule has 13 heteroatoms. The Morgan fingerprint density at radius 1 is 1.11 bits per heavy atom. The number of carbonyl (C=O) groups excluding carboxylic acids is 4. The number of ether oxygens (including phenoxy) is 1. The summed E-state index contributed by atoms with van der Waals surface area (Å²) >= 11 is 0. The zero-order valence-corrected chi connectivity index (χ0v) is 20.9. The van der Waals surface area contributed by atoms with Crippen LogP contribution in [0.3, 0.4) is 0 Å². The van der Waals surface area contributed by atoms with Crippen molar-refractivity contribution < 1.29 is 29.0 Å². The normalized spacial score (nSPS) is 18.6. The molecule has 1 unspecified atom stereocenters. The first-order valence-electron chi connectivity index (χ1n) is 12.2. The molecule has 0 saturated carbocycles. The number of H-pyrrole nitrogens is 1. The SMILES string of the molecule is CC(C)[C@H](NC(=O)[C@H](CCc1nnn[nH]1)NC(=O)c1cccc2ccccc12)C(=O)N[C@H]1CC(=O)OC1O. The second-order valence-electron chi connectivity index (χ2n) is 9.37. The molecule has 2 aromatic carbocycles. The van der Waals surface area contributed by atoms with Crippen molar-refractivity contribution in [3.05, 3.63) is 53.9 Å². The van der Waals surface area contributed by atoms with E-state index in [0.29, 0.717) is 11.4 Å². The third-order valence-electron chi connectivity index (χ3n) is 6.27. The largest absolute Gasteiger partial charge is 0.434 e. The van der Waals surface area contributed by atoms with Gasteiger partial charge in [0.05, 0.1) is 6.42 Å². The number of nitrogens with zero attached hydrogens (tertiary/aromatic N) is 3. The van der Waals surface area contributed by atoms with E-state index in [1.54, 1.807) is 26.0 Å². The Balaban J connectivity index is 1.50. The van der Waals surface area contributed by atoms with E-state index in [-0.39, 0.29) is 25.2 Å². The zero-order chi connectivity index (χ0) is 27.2. The summed E-state index contributed by atoms with van der Waals surface area (Å²) in [5.41, 5.74) is 0.403. The number of aromatic amines is 1. The predicted molar refractivity (Wildman–Crippen MR) is 133 cm³/mol. The maximum atomic E-state index is 13.4. The number of benzene rings is 2. The lowest BCUT2D eigenvalue weighted by atomic mass is 10.0. The molecule has 1 aliphatic rings. The fourth-order valence-electron chi connectivity index (χ4n) is 4.22. The van der Waals surface area contributed by atoms with Crippen molar-refractivity contribution in [2.24, 2.45) is 5.92 Å². The lowest BCUT2D eigenvalue weighted by molar-refractivity contribution is -0.155. The number of carbonyl (C=O) groups is 4. The maximum absolute atomic E-state index is 13.4. The van der Waals surface area contributed by atoms with Crippen LogP contribution in [0.4, 0.5) is 0 Å². The number of cyclic esters (lactones) is 1. The molecule has 38 heavy (non-hydrogen) atoms. The van der Waals surface area contributed by atoms with Crippen LogP contribution in [0, 0.1) is 5.92 Å². The van der Waals surface area contributed by atoms with Crippen molar-refractivity contribution in [2.75, 3.05) is 0 Å². The van der Waals surface area contributed by atoms with E-state index < -0.39 is 48.1 Å². The van der Waals surface area contributed by atoms with Gasteiger partial charge in [-0.2, -0.15) is 0 Å². The van der Waals surface area contributed by atoms with Gasteiger partial charge >= 0.3 is 5.97 Å². The topological polar surface area (TPSA) is 188 Å². The molecule has 0 aliphatic carbocycles. The molecule has 3 aromatic rings. The van der Waals surface area contributed by atoms with Crippen molar-refractivity contribution >= 4 is 34.5 Å². The van der Waals surface area contributed by atoms with Crippen LogP contribution in [0.2, 0.25) is 0 Å². The molecule has 1 fully saturated rings. The van der Waals surface area contributed by atoms with Gasteiger partial charge in [-0.1, -0.05) is 50.2 Å². The summed E-state index contributed by atoms with van der Waals surface area (Å²) in [5, 5.41) is 33.0. The van der Waals surface area contributed by atoms with Gasteiger partial charge in [0.2, 0.25) is 18.1 Å². The van der Waals surface area contributed by atoms with Gasteiger partial charge in [0.25, 0.3) is 5.91 Å². The first-order valence-corrected chi connectivity index (χ1v) is 12.2. The van der Waals surface area contributed by atoms with Crippen LogP contribution in [0.1, 0.15) is 42.9 Å². The fourth-order valence-corrected chi connectivity index (χ4v) is 4.22. The van der Waals surface area contributed by atoms with Crippen molar-refractivity contribution in [1.82, 2.24) is 36.6 Å². The van der Waals surface area contributed by atoms with Crippen molar-refractivity contribution in [3.63, 3.8) is 0 Å². The summed E-state index contributed by atoms with van der Waals surface area (Å²) in [5.74, 6) is -2.17. The van der Waals surface area contributed by atoms with Crippen LogP contribution >= 0.6 is 0 Å². The molecular formula is C25H29N7O6. The van der Waals surface area contributed by atoms with Gasteiger partial charge in [0.15, 0.2) is 0 Å². The van der Waals surface area contributed by atoms with Gasteiger partial charge in [0, 0.05) is 12.0 Å². The average Bonchev–Trinajstić information content (AvgIpc) is 3.52. The Kier molecular flexibility index (Phi) is 8.26. The van der Waals surface area contributed by atoms with Gasteiger partial charge in [-0.05, 0) is 39.6 Å². The predicted octanol–water partition coefficient (Wildman–Crippen LogP) is -0.0250. The van der Waals surface area contributed by atoms with Gasteiger partial charge in [-0.25, -0.2) is 5.10 Å². The zero-order valence-electron chi connectivity index (χ0n) is 20.9. The molecule has 0 bridgehead atoms. The lowest BCUT2D eigenvalue weighted by Crippen LogP contribution is -2.57. The summed E-state index contributed by atoms with van der Waals surface area (Å²) in [6.07, 6.45) is -1.23. The second kappa shape index (κ2) is 11.8. The highest BCUT2D eigenvalue weighted by atomic mass is 16.6. The van der Waals surface area contributed by atoms with E-state index in [9.17, 15) is 24.3 Å². The summed E-state index contributed by atoms with van der Waals surface area (Å²) in [6.45, 7) is 3.47. The minimum absolute atomic E-state index is 0.148. The van der Waals surface area contributed by atoms with Gasteiger partial charge < -0.3 is 25.8 Å². The van der Waals surface area contributed by atoms with E-state index in [1.807, 2.05) is 30.3 Å². The second-order valence-corrected chi connectivity index (χ2v) is 9.37. The number of aromatic nitrogens is 4. The van der Waals surface area contributed by atoms with Gasteiger partial charge in [0.1, 0.15) is 23.9 Å². The minimum Gasteiger partial charge on any atom is -0.434 e. The molecule has 0 spiro atoms. The van der Waals surface area contributed by atoms with Crippen LogP contribution in [0.15, 0.2) is 42.5 Å². The number of aliphatic hydroxyl groups excluding tert-OH is 1. The quantitative estimate of drug-likeness (QED) is 0.227. The number of esters is 1. The minimum atomic E-state index is -1.46. The van der Waals surface area contributed by atoms with Crippen LogP contribution in [-0.2, 0) is 25.5 Å². The Labute approximate surface area is 217 Å². The molecule has 13 nitrogen and oxygen atoms in total. The van der Waals surface area contributed by atoms with Crippen LogP contribution < -0.4 is 16.0 Å². The Morgan fingerprint density at radius 2 is 1.87 bits per heavy atom. The maximum Gasteiger partial charge on any atom is 0.310 e. The molecule has 200 valence electrons. The summed E-state index contributed by atoms with van der Waals surface area (Å²) in [7, 11) is 0. The molecule has 1 saturated heterocycles.